The molecule has 0 bridgehead atoms. The molecule has 4 nitrogen and oxygen atoms in total. The van der Waals surface area contributed by atoms with Crippen molar-refractivity contribution in [3.05, 3.63) is 28.8 Å². The Hall–Kier alpha value is -1.55. The van der Waals surface area contributed by atoms with Crippen LogP contribution in [-0.2, 0) is 16.0 Å². The number of aryl methyl sites for hydroxylation is 2. The van der Waals surface area contributed by atoms with Crippen LogP contribution in [0.15, 0.2) is 12.1 Å². The van der Waals surface area contributed by atoms with Crippen LogP contribution in [0.1, 0.15) is 29.5 Å². The molecule has 0 aliphatic rings. The molecule has 0 unspecified atom stereocenters. The van der Waals surface area contributed by atoms with Crippen LogP contribution in [0.5, 0.6) is 5.75 Å². The van der Waals surface area contributed by atoms with E-state index in [4.69, 9.17) is 10.5 Å². The second kappa shape index (κ2) is 7.79. The first-order valence-corrected chi connectivity index (χ1v) is 6.58. The van der Waals surface area contributed by atoms with Crippen LogP contribution in [0.2, 0.25) is 0 Å². The molecule has 0 heterocycles. The molecule has 0 radical (unpaired) electrons. The number of methoxy groups -OCH3 is 1. The Morgan fingerprint density at radius 3 is 2.42 bits per heavy atom. The van der Waals surface area contributed by atoms with Gasteiger partial charge in [-0.3, -0.25) is 4.79 Å². The highest BCUT2D eigenvalue weighted by molar-refractivity contribution is 5.69. The summed E-state index contributed by atoms with van der Waals surface area (Å²) in [5.41, 5.74) is 9.02. The van der Waals surface area contributed by atoms with Gasteiger partial charge in [-0.2, -0.15) is 0 Å². The fraction of sp³-hybridized carbons (Fsp3) is 0.533. The second-order valence-electron chi connectivity index (χ2n) is 4.63. The van der Waals surface area contributed by atoms with Crippen molar-refractivity contribution in [2.45, 2.75) is 33.1 Å². The highest BCUT2D eigenvalue weighted by Gasteiger charge is 2.07. The third-order valence-electron chi connectivity index (χ3n) is 2.95. The van der Waals surface area contributed by atoms with E-state index in [0.717, 1.165) is 23.3 Å². The lowest BCUT2D eigenvalue weighted by atomic mass is 10.0. The molecular formula is C15H23NO3. The molecule has 0 aliphatic carbocycles. The Bertz CT molecular complexity index is 406. The number of carbonyl (C=O) groups is 1. The highest BCUT2D eigenvalue weighted by atomic mass is 16.5. The van der Waals surface area contributed by atoms with E-state index in [1.807, 2.05) is 13.8 Å². The molecule has 19 heavy (non-hydrogen) atoms. The van der Waals surface area contributed by atoms with Crippen molar-refractivity contribution in [3.63, 3.8) is 0 Å². The Labute approximate surface area is 114 Å². The lowest BCUT2D eigenvalue weighted by Crippen LogP contribution is -2.07. The standard InChI is InChI=1S/C15H23NO3/c1-11-9-13(6-7-16)10-12(2)15(11)19-8-4-5-14(17)18-3/h9-10H,4-8,16H2,1-3H3. The van der Waals surface area contributed by atoms with Crippen LogP contribution >= 0.6 is 0 Å². The predicted octanol–water partition coefficient (Wildman–Crippen LogP) is 2.14. The molecule has 106 valence electrons. The first-order chi connectivity index (χ1) is 9.08. The third-order valence-corrected chi connectivity index (χ3v) is 2.95. The Balaban J connectivity index is 2.56. The number of benzene rings is 1. The summed E-state index contributed by atoms with van der Waals surface area (Å²) in [6.07, 6.45) is 1.93. The van der Waals surface area contributed by atoms with Crippen molar-refractivity contribution >= 4 is 5.97 Å². The monoisotopic (exact) mass is 265 g/mol. The van der Waals surface area contributed by atoms with Crippen LogP contribution in [0.4, 0.5) is 0 Å². The van der Waals surface area contributed by atoms with E-state index in [9.17, 15) is 4.79 Å². The summed E-state index contributed by atoms with van der Waals surface area (Å²) in [6, 6.07) is 4.21. The minimum atomic E-state index is -0.199. The number of rotatable bonds is 7. The Morgan fingerprint density at radius 2 is 1.89 bits per heavy atom. The van der Waals surface area contributed by atoms with Gasteiger partial charge in [-0.05, 0) is 49.9 Å². The first kappa shape index (κ1) is 15.5. The maximum Gasteiger partial charge on any atom is 0.305 e. The van der Waals surface area contributed by atoms with Gasteiger partial charge in [0.1, 0.15) is 5.75 Å². The van der Waals surface area contributed by atoms with Gasteiger partial charge in [0.2, 0.25) is 0 Å². The second-order valence-corrected chi connectivity index (χ2v) is 4.63. The maximum absolute atomic E-state index is 11.0. The fourth-order valence-corrected chi connectivity index (χ4v) is 2.07. The zero-order chi connectivity index (χ0) is 14.3. The normalized spacial score (nSPS) is 10.3. The van der Waals surface area contributed by atoms with Gasteiger partial charge < -0.3 is 15.2 Å². The summed E-state index contributed by atoms with van der Waals surface area (Å²) in [6.45, 7) is 5.23. The number of nitrogens with two attached hydrogens (primary N) is 1. The maximum atomic E-state index is 11.0. The quantitative estimate of drug-likeness (QED) is 0.606. The first-order valence-electron chi connectivity index (χ1n) is 6.58. The SMILES string of the molecule is COC(=O)CCCOc1c(C)cc(CCN)cc1C. The lowest BCUT2D eigenvalue weighted by Gasteiger charge is -2.13. The topological polar surface area (TPSA) is 61.5 Å². The number of ether oxygens (including phenoxy) is 2. The van der Waals surface area contributed by atoms with Crippen LogP contribution in [0.25, 0.3) is 0 Å². The summed E-state index contributed by atoms with van der Waals surface area (Å²) in [4.78, 5) is 11.0. The molecule has 2 N–H and O–H groups in total. The summed E-state index contributed by atoms with van der Waals surface area (Å²) in [5.74, 6) is 0.709. The van der Waals surface area contributed by atoms with Gasteiger partial charge in [0.25, 0.3) is 0 Å². The highest BCUT2D eigenvalue weighted by Crippen LogP contribution is 2.25. The summed E-state index contributed by atoms with van der Waals surface area (Å²) < 4.78 is 10.3. The largest absolute Gasteiger partial charge is 0.493 e. The average Bonchev–Trinajstić information content (AvgIpc) is 2.37. The van der Waals surface area contributed by atoms with E-state index in [-0.39, 0.29) is 5.97 Å². The number of carbonyl (C=O) groups excluding carboxylic acids is 1. The molecule has 0 saturated heterocycles. The number of esters is 1. The van der Waals surface area contributed by atoms with Crippen molar-refractivity contribution in [2.75, 3.05) is 20.3 Å². The van der Waals surface area contributed by atoms with Crippen molar-refractivity contribution < 1.29 is 14.3 Å². The molecule has 0 atom stereocenters. The molecule has 0 fully saturated rings. The van der Waals surface area contributed by atoms with E-state index in [2.05, 4.69) is 16.9 Å². The Morgan fingerprint density at radius 1 is 1.26 bits per heavy atom. The number of hydrogen-bond donors (Lipinski definition) is 1. The van der Waals surface area contributed by atoms with Crippen molar-refractivity contribution in [1.29, 1.82) is 0 Å². The molecule has 0 spiro atoms. The summed E-state index contributed by atoms with van der Waals surface area (Å²) in [7, 11) is 1.40. The van der Waals surface area contributed by atoms with Gasteiger partial charge in [0.15, 0.2) is 0 Å². The molecule has 4 heteroatoms. The van der Waals surface area contributed by atoms with Gasteiger partial charge in [0, 0.05) is 6.42 Å². The van der Waals surface area contributed by atoms with E-state index in [0.29, 0.717) is 26.0 Å². The van der Waals surface area contributed by atoms with Crippen LogP contribution < -0.4 is 10.5 Å². The summed E-state index contributed by atoms with van der Waals surface area (Å²) >= 11 is 0. The molecule has 0 aromatic heterocycles. The summed E-state index contributed by atoms with van der Waals surface area (Å²) in [5, 5.41) is 0. The fourth-order valence-electron chi connectivity index (χ4n) is 2.07. The van der Waals surface area contributed by atoms with Gasteiger partial charge in [0.05, 0.1) is 13.7 Å². The van der Waals surface area contributed by atoms with E-state index < -0.39 is 0 Å². The molecule has 0 saturated carbocycles. The average molecular weight is 265 g/mol. The lowest BCUT2D eigenvalue weighted by molar-refractivity contribution is -0.140. The predicted molar refractivity (Wildman–Crippen MR) is 75.4 cm³/mol. The van der Waals surface area contributed by atoms with Gasteiger partial charge in [-0.1, -0.05) is 12.1 Å². The van der Waals surface area contributed by atoms with Crippen molar-refractivity contribution in [1.82, 2.24) is 0 Å². The van der Waals surface area contributed by atoms with Crippen LogP contribution in [0, 0.1) is 13.8 Å². The molecule has 1 aromatic rings. The molecule has 1 rings (SSSR count). The third kappa shape index (κ3) is 4.91. The van der Waals surface area contributed by atoms with Crippen LogP contribution in [-0.4, -0.2) is 26.2 Å². The smallest absolute Gasteiger partial charge is 0.305 e. The van der Waals surface area contributed by atoms with E-state index >= 15 is 0 Å². The molecule has 0 amide bonds. The molecular weight excluding hydrogens is 242 g/mol. The zero-order valence-electron chi connectivity index (χ0n) is 12.0. The van der Waals surface area contributed by atoms with Crippen molar-refractivity contribution in [3.8, 4) is 5.75 Å². The minimum Gasteiger partial charge on any atom is -0.493 e. The van der Waals surface area contributed by atoms with E-state index in [1.165, 1.54) is 12.7 Å². The van der Waals surface area contributed by atoms with Crippen LogP contribution in [0.3, 0.4) is 0 Å². The van der Waals surface area contributed by atoms with Gasteiger partial charge in [-0.15, -0.1) is 0 Å². The van der Waals surface area contributed by atoms with Gasteiger partial charge in [-0.25, -0.2) is 0 Å². The van der Waals surface area contributed by atoms with E-state index in [1.54, 1.807) is 0 Å². The van der Waals surface area contributed by atoms with Crippen molar-refractivity contribution in [2.24, 2.45) is 5.73 Å². The minimum absolute atomic E-state index is 0.199. The van der Waals surface area contributed by atoms with Gasteiger partial charge >= 0.3 is 5.97 Å². The molecule has 0 aliphatic heterocycles. The zero-order valence-corrected chi connectivity index (χ0v) is 12.0. The Kier molecular flexibility index (Phi) is 6.36. The molecule has 1 aromatic carbocycles. The number of hydrogen-bond acceptors (Lipinski definition) is 4.